The van der Waals surface area contributed by atoms with Gasteiger partial charge in [0.25, 0.3) is 0 Å². The fourth-order valence-electron chi connectivity index (χ4n) is 3.02. The van der Waals surface area contributed by atoms with Gasteiger partial charge in [-0.05, 0) is 25.0 Å². The van der Waals surface area contributed by atoms with Crippen molar-refractivity contribution in [3.05, 3.63) is 23.9 Å². The molecule has 1 aromatic rings. The van der Waals surface area contributed by atoms with Crippen molar-refractivity contribution in [2.24, 2.45) is 11.7 Å². The molecule has 2 aliphatic rings. The van der Waals surface area contributed by atoms with Crippen LogP contribution in [-0.2, 0) is 11.0 Å². The average molecular weight is 328 g/mol. The fraction of sp³-hybridized carbons (Fsp3) is 0.600. The Kier molecular flexibility index (Phi) is 4.18. The second kappa shape index (κ2) is 5.99. The molecule has 1 aliphatic carbocycles. The van der Waals surface area contributed by atoms with Gasteiger partial charge in [0.1, 0.15) is 5.82 Å². The maximum absolute atomic E-state index is 12.5. The van der Waals surface area contributed by atoms with E-state index in [9.17, 15) is 18.0 Å². The normalized spacial score (nSPS) is 25.2. The van der Waals surface area contributed by atoms with E-state index < -0.39 is 11.7 Å². The lowest BCUT2D eigenvalue weighted by Crippen LogP contribution is -2.53. The number of aromatic nitrogens is 1. The third-order valence-electron chi connectivity index (χ3n) is 4.51. The van der Waals surface area contributed by atoms with E-state index in [4.69, 9.17) is 5.73 Å². The van der Waals surface area contributed by atoms with Crippen molar-refractivity contribution in [2.75, 3.05) is 31.1 Å². The monoisotopic (exact) mass is 328 g/mol. The molecule has 0 unspecified atom stereocenters. The zero-order chi connectivity index (χ0) is 16.6. The topological polar surface area (TPSA) is 62.5 Å². The van der Waals surface area contributed by atoms with Crippen LogP contribution < -0.4 is 10.6 Å². The van der Waals surface area contributed by atoms with E-state index in [2.05, 4.69) is 4.98 Å². The van der Waals surface area contributed by atoms with Crippen LogP contribution in [0, 0.1) is 5.92 Å². The van der Waals surface area contributed by atoms with Crippen molar-refractivity contribution in [2.45, 2.75) is 25.1 Å². The van der Waals surface area contributed by atoms with Crippen LogP contribution in [0.4, 0.5) is 19.0 Å². The number of hydrogen-bond acceptors (Lipinski definition) is 4. The first-order valence-corrected chi connectivity index (χ1v) is 7.67. The van der Waals surface area contributed by atoms with Gasteiger partial charge in [-0.15, -0.1) is 0 Å². The lowest BCUT2D eigenvalue weighted by Gasteiger charge is -2.40. The molecule has 2 N–H and O–H groups in total. The maximum Gasteiger partial charge on any atom is 0.417 e. The molecule has 3 rings (SSSR count). The summed E-state index contributed by atoms with van der Waals surface area (Å²) in [5.74, 6) is 0.697. The zero-order valence-electron chi connectivity index (χ0n) is 12.6. The van der Waals surface area contributed by atoms with E-state index in [0.717, 1.165) is 25.1 Å². The van der Waals surface area contributed by atoms with E-state index in [1.165, 1.54) is 6.07 Å². The van der Waals surface area contributed by atoms with Gasteiger partial charge in [-0.25, -0.2) is 4.98 Å². The molecule has 0 atom stereocenters. The highest BCUT2D eigenvalue weighted by Gasteiger charge is 2.36. The average Bonchev–Trinajstić information content (AvgIpc) is 2.51. The van der Waals surface area contributed by atoms with Gasteiger partial charge in [-0.2, -0.15) is 13.2 Å². The van der Waals surface area contributed by atoms with Gasteiger partial charge in [0.15, 0.2) is 0 Å². The maximum atomic E-state index is 12.5. The number of piperazine rings is 1. The third-order valence-corrected chi connectivity index (χ3v) is 4.51. The Morgan fingerprint density at radius 1 is 1.17 bits per heavy atom. The molecule has 0 spiro atoms. The Labute approximate surface area is 132 Å². The SMILES string of the molecule is NC1CC(C(=O)N2CCN(c3ccc(C(F)(F)F)cn3)CC2)C1. The van der Waals surface area contributed by atoms with E-state index in [1.54, 1.807) is 0 Å². The molecule has 8 heteroatoms. The summed E-state index contributed by atoms with van der Waals surface area (Å²) in [7, 11) is 0. The van der Waals surface area contributed by atoms with Crippen LogP contribution in [0.25, 0.3) is 0 Å². The van der Waals surface area contributed by atoms with Gasteiger partial charge in [0.2, 0.25) is 5.91 Å². The number of carbonyl (C=O) groups is 1. The molecule has 0 radical (unpaired) electrons. The molecule has 23 heavy (non-hydrogen) atoms. The minimum atomic E-state index is -4.37. The number of rotatable bonds is 2. The summed E-state index contributed by atoms with van der Waals surface area (Å²) in [6, 6.07) is 2.56. The lowest BCUT2D eigenvalue weighted by atomic mass is 9.80. The van der Waals surface area contributed by atoms with Gasteiger partial charge in [-0.3, -0.25) is 4.79 Å². The number of halogens is 3. The number of hydrogen-bond donors (Lipinski definition) is 1. The third kappa shape index (κ3) is 3.41. The first kappa shape index (κ1) is 16.0. The summed E-state index contributed by atoms with van der Waals surface area (Å²) in [6.45, 7) is 2.27. The second-order valence-electron chi connectivity index (χ2n) is 6.14. The van der Waals surface area contributed by atoms with Crippen LogP contribution in [-0.4, -0.2) is 48.0 Å². The summed E-state index contributed by atoms with van der Waals surface area (Å²) >= 11 is 0. The first-order valence-electron chi connectivity index (χ1n) is 7.67. The largest absolute Gasteiger partial charge is 0.417 e. The van der Waals surface area contributed by atoms with Gasteiger partial charge in [-0.1, -0.05) is 0 Å². The zero-order valence-corrected chi connectivity index (χ0v) is 12.6. The lowest BCUT2D eigenvalue weighted by molar-refractivity contribution is -0.139. The molecular formula is C15H19F3N4O. The molecule has 1 saturated carbocycles. The van der Waals surface area contributed by atoms with Crippen molar-refractivity contribution in [1.82, 2.24) is 9.88 Å². The molecule has 1 aliphatic heterocycles. The summed E-state index contributed by atoms with van der Waals surface area (Å²) in [4.78, 5) is 19.8. The predicted molar refractivity (Wildman–Crippen MR) is 78.7 cm³/mol. The Morgan fingerprint density at radius 2 is 1.83 bits per heavy atom. The number of amides is 1. The molecule has 0 bridgehead atoms. The molecule has 1 aromatic heterocycles. The summed E-state index contributed by atoms with van der Waals surface area (Å²) < 4.78 is 37.6. The van der Waals surface area contributed by atoms with Crippen molar-refractivity contribution in [1.29, 1.82) is 0 Å². The smallest absolute Gasteiger partial charge is 0.353 e. The van der Waals surface area contributed by atoms with Crippen LogP contribution >= 0.6 is 0 Å². The molecule has 2 heterocycles. The quantitative estimate of drug-likeness (QED) is 0.893. The van der Waals surface area contributed by atoms with Crippen LogP contribution in [0.15, 0.2) is 18.3 Å². The summed E-state index contributed by atoms with van der Waals surface area (Å²) in [5.41, 5.74) is 4.96. The predicted octanol–water partition coefficient (Wildman–Crippen LogP) is 1.49. The highest BCUT2D eigenvalue weighted by molar-refractivity contribution is 5.80. The molecule has 126 valence electrons. The van der Waals surface area contributed by atoms with Crippen LogP contribution in [0.1, 0.15) is 18.4 Å². The standard InChI is InChI=1S/C15H19F3N4O/c16-15(17,18)11-1-2-13(20-9-11)21-3-5-22(6-4-21)14(23)10-7-12(19)8-10/h1-2,9-10,12H,3-8,19H2. The van der Waals surface area contributed by atoms with Crippen molar-refractivity contribution >= 4 is 11.7 Å². The van der Waals surface area contributed by atoms with Gasteiger partial charge >= 0.3 is 6.18 Å². The van der Waals surface area contributed by atoms with E-state index in [1.807, 2.05) is 9.80 Å². The highest BCUT2D eigenvalue weighted by atomic mass is 19.4. The number of pyridine rings is 1. The molecular weight excluding hydrogens is 309 g/mol. The Balaban J connectivity index is 1.55. The Bertz CT molecular complexity index is 561. The minimum Gasteiger partial charge on any atom is -0.353 e. The molecule has 1 saturated heterocycles. The minimum absolute atomic E-state index is 0.0424. The first-order chi connectivity index (χ1) is 10.8. The van der Waals surface area contributed by atoms with Crippen LogP contribution in [0.3, 0.4) is 0 Å². The number of carbonyl (C=O) groups excluding carboxylic acids is 1. The number of nitrogens with zero attached hydrogens (tertiary/aromatic N) is 3. The van der Waals surface area contributed by atoms with Crippen LogP contribution in [0.5, 0.6) is 0 Å². The highest BCUT2D eigenvalue weighted by Crippen LogP contribution is 2.30. The van der Waals surface area contributed by atoms with E-state index in [-0.39, 0.29) is 17.9 Å². The fourth-order valence-corrected chi connectivity index (χ4v) is 3.02. The van der Waals surface area contributed by atoms with Gasteiger partial charge in [0, 0.05) is 44.3 Å². The van der Waals surface area contributed by atoms with Crippen molar-refractivity contribution in [3.8, 4) is 0 Å². The number of nitrogens with two attached hydrogens (primary N) is 1. The van der Waals surface area contributed by atoms with Crippen molar-refractivity contribution in [3.63, 3.8) is 0 Å². The van der Waals surface area contributed by atoms with E-state index in [0.29, 0.717) is 32.0 Å². The van der Waals surface area contributed by atoms with Crippen LogP contribution in [0.2, 0.25) is 0 Å². The molecule has 2 fully saturated rings. The number of anilines is 1. The molecule has 5 nitrogen and oxygen atoms in total. The summed E-state index contributed by atoms with van der Waals surface area (Å²) in [6.07, 6.45) is -2.03. The van der Waals surface area contributed by atoms with Gasteiger partial charge < -0.3 is 15.5 Å². The molecule has 1 amide bonds. The van der Waals surface area contributed by atoms with Gasteiger partial charge in [0.05, 0.1) is 5.56 Å². The molecule has 0 aromatic carbocycles. The summed E-state index contributed by atoms with van der Waals surface area (Å²) in [5, 5.41) is 0. The number of alkyl halides is 3. The van der Waals surface area contributed by atoms with E-state index >= 15 is 0 Å². The Morgan fingerprint density at radius 3 is 2.30 bits per heavy atom. The van der Waals surface area contributed by atoms with Crippen molar-refractivity contribution < 1.29 is 18.0 Å². The Hall–Kier alpha value is -1.83. The second-order valence-corrected chi connectivity index (χ2v) is 6.14.